The van der Waals surface area contributed by atoms with Crippen molar-refractivity contribution < 1.29 is 4.79 Å². The quantitative estimate of drug-likeness (QED) is 0.589. The van der Waals surface area contributed by atoms with Gasteiger partial charge in [0.2, 0.25) is 0 Å². The van der Waals surface area contributed by atoms with E-state index in [4.69, 9.17) is 23.2 Å². The summed E-state index contributed by atoms with van der Waals surface area (Å²) in [6, 6.07) is 16.3. The van der Waals surface area contributed by atoms with Gasteiger partial charge in [-0.2, -0.15) is 0 Å². The minimum Gasteiger partial charge on any atom is -0.318 e. The minimum absolute atomic E-state index is 0.238. The fourth-order valence-electron chi connectivity index (χ4n) is 2.71. The first kappa shape index (κ1) is 20.1. The van der Waals surface area contributed by atoms with Crippen LogP contribution in [0, 0.1) is 6.92 Å². The van der Waals surface area contributed by atoms with Gasteiger partial charge in [0, 0.05) is 36.2 Å². The number of anilines is 1. The third-order valence-corrected chi connectivity index (χ3v) is 4.86. The van der Waals surface area contributed by atoms with Gasteiger partial charge in [0.15, 0.2) is 0 Å². The van der Waals surface area contributed by atoms with E-state index < -0.39 is 0 Å². The van der Waals surface area contributed by atoms with Crippen molar-refractivity contribution in [2.75, 3.05) is 11.9 Å². The fraction of sp³-hybridized carbons (Fsp3) is 0.190. The van der Waals surface area contributed by atoms with Gasteiger partial charge >= 0.3 is 6.03 Å². The van der Waals surface area contributed by atoms with E-state index >= 15 is 0 Å². The summed E-state index contributed by atoms with van der Waals surface area (Å²) >= 11 is 12.0. The standard InChI is InChI=1S/C21H20Cl2N4O/c1-15-5-4-7-18(25-15)14-27(12-10-16-6-2-3-11-24-16)21(28)26-17-8-9-19(22)20(23)13-17/h2-9,11,13H,10,12,14H2,1H3,(H,26,28). The van der Waals surface area contributed by atoms with Crippen molar-refractivity contribution in [1.29, 1.82) is 0 Å². The van der Waals surface area contributed by atoms with Crippen LogP contribution in [0.4, 0.5) is 10.5 Å². The Labute approximate surface area is 174 Å². The Bertz CT molecular complexity index is 950. The maximum absolute atomic E-state index is 12.9. The van der Waals surface area contributed by atoms with Crippen molar-refractivity contribution in [3.8, 4) is 0 Å². The maximum Gasteiger partial charge on any atom is 0.322 e. The lowest BCUT2D eigenvalue weighted by Crippen LogP contribution is -2.36. The van der Waals surface area contributed by atoms with Gasteiger partial charge < -0.3 is 10.2 Å². The molecule has 0 atom stereocenters. The molecule has 0 bridgehead atoms. The lowest BCUT2D eigenvalue weighted by atomic mass is 10.2. The number of aromatic nitrogens is 2. The minimum atomic E-state index is -0.238. The van der Waals surface area contributed by atoms with Crippen LogP contribution in [0.15, 0.2) is 60.8 Å². The van der Waals surface area contributed by atoms with Crippen LogP contribution in [-0.4, -0.2) is 27.4 Å². The van der Waals surface area contributed by atoms with E-state index in [0.29, 0.717) is 35.2 Å². The van der Waals surface area contributed by atoms with Gasteiger partial charge in [-0.1, -0.05) is 35.3 Å². The summed E-state index contributed by atoms with van der Waals surface area (Å²) in [6.45, 7) is 2.82. The van der Waals surface area contributed by atoms with Gasteiger partial charge in [0.25, 0.3) is 0 Å². The number of pyridine rings is 2. The molecular weight excluding hydrogens is 395 g/mol. The summed E-state index contributed by atoms with van der Waals surface area (Å²) < 4.78 is 0. The summed E-state index contributed by atoms with van der Waals surface area (Å²) in [4.78, 5) is 23.5. The largest absolute Gasteiger partial charge is 0.322 e. The number of rotatable bonds is 6. The number of carbonyl (C=O) groups is 1. The molecule has 0 spiro atoms. The molecule has 0 radical (unpaired) electrons. The monoisotopic (exact) mass is 414 g/mol. The molecule has 0 aliphatic heterocycles. The number of aryl methyl sites for hydroxylation is 1. The van der Waals surface area contributed by atoms with Crippen molar-refractivity contribution in [3.63, 3.8) is 0 Å². The molecule has 0 unspecified atom stereocenters. The first-order valence-electron chi connectivity index (χ1n) is 8.85. The number of nitrogens with zero attached hydrogens (tertiary/aromatic N) is 3. The number of halogens is 2. The molecule has 0 fully saturated rings. The van der Waals surface area contributed by atoms with Crippen molar-refractivity contribution in [2.24, 2.45) is 0 Å². The molecule has 3 aromatic rings. The van der Waals surface area contributed by atoms with Crippen LogP contribution >= 0.6 is 23.2 Å². The summed E-state index contributed by atoms with van der Waals surface area (Å²) in [7, 11) is 0. The van der Waals surface area contributed by atoms with Crippen molar-refractivity contribution in [1.82, 2.24) is 14.9 Å². The Morgan fingerprint density at radius 2 is 1.86 bits per heavy atom. The predicted molar refractivity (Wildman–Crippen MR) is 113 cm³/mol. The molecule has 0 aliphatic rings. The third kappa shape index (κ3) is 5.68. The van der Waals surface area contributed by atoms with Gasteiger partial charge in [0.1, 0.15) is 0 Å². The highest BCUT2D eigenvalue weighted by molar-refractivity contribution is 6.42. The zero-order valence-electron chi connectivity index (χ0n) is 15.4. The molecule has 0 saturated heterocycles. The Morgan fingerprint density at radius 3 is 2.57 bits per heavy atom. The normalized spacial score (nSPS) is 10.5. The van der Waals surface area contributed by atoms with Gasteiger partial charge in [-0.3, -0.25) is 9.97 Å². The van der Waals surface area contributed by atoms with E-state index in [9.17, 15) is 4.79 Å². The molecule has 0 saturated carbocycles. The highest BCUT2D eigenvalue weighted by Gasteiger charge is 2.16. The predicted octanol–water partition coefficient (Wildman–Crippen LogP) is 5.37. The van der Waals surface area contributed by atoms with Crippen LogP contribution in [0.1, 0.15) is 17.1 Å². The summed E-state index contributed by atoms with van der Waals surface area (Å²) in [5, 5.41) is 3.71. The van der Waals surface area contributed by atoms with E-state index in [1.807, 2.05) is 43.3 Å². The van der Waals surface area contributed by atoms with Crippen LogP contribution in [0.5, 0.6) is 0 Å². The molecule has 1 aromatic carbocycles. The van der Waals surface area contributed by atoms with Crippen molar-refractivity contribution in [3.05, 3.63) is 87.9 Å². The van der Waals surface area contributed by atoms with Crippen LogP contribution in [0.3, 0.4) is 0 Å². The average molecular weight is 415 g/mol. The molecule has 1 N–H and O–H groups in total. The van der Waals surface area contributed by atoms with Gasteiger partial charge in [-0.05, 0) is 49.4 Å². The SMILES string of the molecule is Cc1cccc(CN(CCc2ccccn2)C(=O)Nc2ccc(Cl)c(Cl)c2)n1. The van der Waals surface area contributed by atoms with Crippen LogP contribution in [-0.2, 0) is 13.0 Å². The molecule has 2 heterocycles. The second-order valence-electron chi connectivity index (χ2n) is 6.32. The lowest BCUT2D eigenvalue weighted by molar-refractivity contribution is 0.209. The second kappa shape index (κ2) is 9.53. The smallest absolute Gasteiger partial charge is 0.318 e. The average Bonchev–Trinajstić information content (AvgIpc) is 2.69. The molecule has 144 valence electrons. The maximum atomic E-state index is 12.9. The molecule has 28 heavy (non-hydrogen) atoms. The Kier molecular flexibility index (Phi) is 6.85. The Hall–Kier alpha value is -2.63. The zero-order chi connectivity index (χ0) is 19.9. The molecule has 2 amide bonds. The molecular formula is C21H20Cl2N4O. The second-order valence-corrected chi connectivity index (χ2v) is 7.14. The Balaban J connectivity index is 1.75. The third-order valence-electron chi connectivity index (χ3n) is 4.12. The van der Waals surface area contributed by atoms with Crippen LogP contribution in [0.25, 0.3) is 0 Å². The van der Waals surface area contributed by atoms with Crippen LogP contribution < -0.4 is 5.32 Å². The molecule has 2 aromatic heterocycles. The topological polar surface area (TPSA) is 58.1 Å². The molecule has 0 aliphatic carbocycles. The van der Waals surface area contributed by atoms with Gasteiger partial charge in [-0.15, -0.1) is 0 Å². The highest BCUT2D eigenvalue weighted by Crippen LogP contribution is 2.25. The number of nitrogens with one attached hydrogen (secondary N) is 1. The molecule has 5 nitrogen and oxygen atoms in total. The molecule has 7 heteroatoms. The first-order valence-corrected chi connectivity index (χ1v) is 9.60. The Morgan fingerprint density at radius 1 is 1.04 bits per heavy atom. The number of amides is 2. The van der Waals surface area contributed by atoms with E-state index in [0.717, 1.165) is 17.1 Å². The summed E-state index contributed by atoms with van der Waals surface area (Å²) in [5.41, 5.74) is 3.24. The van der Waals surface area contributed by atoms with E-state index in [2.05, 4.69) is 15.3 Å². The molecule has 3 rings (SSSR count). The van der Waals surface area contributed by atoms with E-state index in [1.165, 1.54) is 0 Å². The lowest BCUT2D eigenvalue weighted by Gasteiger charge is -2.23. The van der Waals surface area contributed by atoms with Gasteiger partial charge in [0.05, 0.1) is 22.3 Å². The number of urea groups is 1. The first-order chi connectivity index (χ1) is 13.5. The van der Waals surface area contributed by atoms with Crippen molar-refractivity contribution in [2.45, 2.75) is 19.9 Å². The highest BCUT2D eigenvalue weighted by atomic mass is 35.5. The van der Waals surface area contributed by atoms with E-state index in [1.54, 1.807) is 29.3 Å². The van der Waals surface area contributed by atoms with E-state index in [-0.39, 0.29) is 6.03 Å². The zero-order valence-corrected chi connectivity index (χ0v) is 16.9. The van der Waals surface area contributed by atoms with Crippen LogP contribution in [0.2, 0.25) is 10.0 Å². The summed E-state index contributed by atoms with van der Waals surface area (Å²) in [5.74, 6) is 0. The number of benzene rings is 1. The fourth-order valence-corrected chi connectivity index (χ4v) is 3.01. The summed E-state index contributed by atoms with van der Waals surface area (Å²) in [6.07, 6.45) is 2.39. The van der Waals surface area contributed by atoms with Crippen molar-refractivity contribution >= 4 is 34.9 Å². The van der Waals surface area contributed by atoms with Gasteiger partial charge in [-0.25, -0.2) is 4.79 Å². The number of hydrogen-bond acceptors (Lipinski definition) is 3. The number of carbonyl (C=O) groups excluding carboxylic acids is 1. The number of hydrogen-bond donors (Lipinski definition) is 1.